The predicted molar refractivity (Wildman–Crippen MR) is 125 cm³/mol. The fraction of sp³-hybridized carbons (Fsp3) is 0.320. The Balaban J connectivity index is 1.66. The SMILES string of the molecule is O=C(O)CCC(NC(=O)[C@@H](CCC(=O)O)NC(=O)OCC1c2ccccc2-c2ccccc21)C(=O)O. The van der Waals surface area contributed by atoms with Crippen LogP contribution in [0.5, 0.6) is 0 Å². The Morgan fingerprint density at radius 2 is 1.25 bits per heavy atom. The molecule has 2 atom stereocenters. The number of carbonyl (C=O) groups is 5. The molecule has 0 saturated carbocycles. The van der Waals surface area contributed by atoms with Gasteiger partial charge in [-0.25, -0.2) is 9.59 Å². The van der Waals surface area contributed by atoms with Gasteiger partial charge in [0.15, 0.2) is 0 Å². The lowest BCUT2D eigenvalue weighted by atomic mass is 9.98. The van der Waals surface area contributed by atoms with Crippen LogP contribution in [0.4, 0.5) is 4.79 Å². The van der Waals surface area contributed by atoms with Gasteiger partial charge in [-0.05, 0) is 35.1 Å². The number of hydrogen-bond donors (Lipinski definition) is 5. The van der Waals surface area contributed by atoms with Gasteiger partial charge in [-0.2, -0.15) is 0 Å². The molecule has 2 amide bonds. The van der Waals surface area contributed by atoms with Crippen molar-refractivity contribution in [3.05, 3.63) is 59.7 Å². The number of carboxylic acids is 3. The average Bonchev–Trinajstić information content (AvgIpc) is 3.16. The number of alkyl carbamates (subject to hydrolysis) is 1. The number of carboxylic acid groups (broad SMARTS) is 3. The quantitative estimate of drug-likeness (QED) is 0.293. The molecule has 0 fully saturated rings. The molecule has 11 heteroatoms. The Bertz CT molecular complexity index is 1120. The molecule has 3 rings (SSSR count). The number of carbonyl (C=O) groups excluding carboxylic acids is 2. The molecular formula is C25H26N2O9. The van der Waals surface area contributed by atoms with Crippen LogP contribution in [-0.4, -0.2) is 63.9 Å². The molecule has 1 unspecified atom stereocenters. The van der Waals surface area contributed by atoms with Crippen molar-refractivity contribution in [2.45, 2.75) is 43.7 Å². The minimum atomic E-state index is -1.52. The van der Waals surface area contributed by atoms with Crippen LogP contribution in [0, 0.1) is 0 Å². The van der Waals surface area contributed by atoms with Crippen molar-refractivity contribution < 1.29 is 44.0 Å². The van der Waals surface area contributed by atoms with Gasteiger partial charge >= 0.3 is 24.0 Å². The van der Waals surface area contributed by atoms with E-state index in [4.69, 9.17) is 14.9 Å². The maximum atomic E-state index is 12.7. The second-order valence-electron chi connectivity index (χ2n) is 8.29. The third-order valence-electron chi connectivity index (χ3n) is 5.86. The zero-order valence-electron chi connectivity index (χ0n) is 19.2. The molecule has 190 valence electrons. The van der Waals surface area contributed by atoms with Gasteiger partial charge in [-0.3, -0.25) is 14.4 Å². The predicted octanol–water partition coefficient (Wildman–Crippen LogP) is 2.19. The molecular weight excluding hydrogens is 472 g/mol. The number of hydrogen-bond acceptors (Lipinski definition) is 6. The summed E-state index contributed by atoms with van der Waals surface area (Å²) in [6.45, 7) is -0.0382. The maximum Gasteiger partial charge on any atom is 0.407 e. The van der Waals surface area contributed by atoms with E-state index in [9.17, 15) is 29.1 Å². The van der Waals surface area contributed by atoms with Crippen molar-refractivity contribution in [3.8, 4) is 11.1 Å². The summed E-state index contributed by atoms with van der Waals surface area (Å²) in [5, 5.41) is 31.5. The van der Waals surface area contributed by atoms with E-state index in [1.54, 1.807) is 0 Å². The standard InChI is InChI=1S/C25H26N2O9/c28-21(29)11-9-19(23(32)26-20(24(33)34)10-12-22(30)31)27-25(35)36-13-18-16-7-3-1-5-14(16)15-6-2-4-8-17(15)18/h1-8,18-20H,9-13H2,(H,26,32)(H,27,35)(H,28,29)(H,30,31)(H,33,34)/t19-,20?/m1/s1. The van der Waals surface area contributed by atoms with Crippen LogP contribution in [0.2, 0.25) is 0 Å². The van der Waals surface area contributed by atoms with E-state index in [0.29, 0.717) is 0 Å². The van der Waals surface area contributed by atoms with Crippen LogP contribution in [0.15, 0.2) is 48.5 Å². The van der Waals surface area contributed by atoms with Crippen molar-refractivity contribution in [2.75, 3.05) is 6.61 Å². The molecule has 0 bridgehead atoms. The Hall–Kier alpha value is -4.41. The van der Waals surface area contributed by atoms with Crippen LogP contribution >= 0.6 is 0 Å². The Labute approximate surface area is 206 Å². The van der Waals surface area contributed by atoms with Gasteiger partial charge in [-0.15, -0.1) is 0 Å². The first-order valence-corrected chi connectivity index (χ1v) is 11.3. The van der Waals surface area contributed by atoms with Gasteiger partial charge in [0.05, 0.1) is 0 Å². The normalized spacial score (nSPS) is 13.6. The molecule has 0 radical (unpaired) electrons. The molecule has 0 saturated heterocycles. The second-order valence-corrected chi connectivity index (χ2v) is 8.29. The molecule has 36 heavy (non-hydrogen) atoms. The maximum absolute atomic E-state index is 12.7. The van der Waals surface area contributed by atoms with Gasteiger partial charge in [-0.1, -0.05) is 48.5 Å². The number of ether oxygens (including phenoxy) is 1. The fourth-order valence-corrected chi connectivity index (χ4v) is 4.12. The van der Waals surface area contributed by atoms with Crippen LogP contribution in [-0.2, 0) is 23.9 Å². The molecule has 0 aliphatic heterocycles. The van der Waals surface area contributed by atoms with Crippen LogP contribution in [0.25, 0.3) is 11.1 Å². The van der Waals surface area contributed by atoms with Crippen molar-refractivity contribution in [1.82, 2.24) is 10.6 Å². The van der Waals surface area contributed by atoms with E-state index in [-0.39, 0.29) is 25.4 Å². The van der Waals surface area contributed by atoms with Crippen molar-refractivity contribution in [1.29, 1.82) is 0 Å². The highest BCUT2D eigenvalue weighted by Crippen LogP contribution is 2.44. The summed E-state index contributed by atoms with van der Waals surface area (Å²) in [5.41, 5.74) is 4.02. The number of fused-ring (bicyclic) bond motifs is 3. The molecule has 5 N–H and O–H groups in total. The summed E-state index contributed by atoms with van der Waals surface area (Å²) in [6, 6.07) is 12.5. The van der Waals surface area contributed by atoms with Gasteiger partial charge in [0, 0.05) is 18.8 Å². The van der Waals surface area contributed by atoms with Crippen LogP contribution in [0.3, 0.4) is 0 Å². The number of benzene rings is 2. The first kappa shape index (κ1) is 26.2. The lowest BCUT2D eigenvalue weighted by molar-refractivity contribution is -0.144. The number of nitrogens with one attached hydrogen (secondary N) is 2. The van der Waals surface area contributed by atoms with E-state index < -0.39 is 54.8 Å². The van der Waals surface area contributed by atoms with Crippen LogP contribution in [0.1, 0.15) is 42.7 Å². The summed E-state index contributed by atoms with van der Waals surface area (Å²) >= 11 is 0. The lowest BCUT2D eigenvalue weighted by Gasteiger charge is -2.21. The first-order valence-electron chi connectivity index (χ1n) is 11.3. The zero-order chi connectivity index (χ0) is 26.2. The number of amides is 2. The molecule has 2 aromatic carbocycles. The van der Waals surface area contributed by atoms with Gasteiger partial charge in [0.1, 0.15) is 18.7 Å². The first-order chi connectivity index (χ1) is 17.2. The van der Waals surface area contributed by atoms with Crippen molar-refractivity contribution >= 4 is 29.9 Å². The zero-order valence-corrected chi connectivity index (χ0v) is 19.2. The lowest BCUT2D eigenvalue weighted by Crippen LogP contribution is -2.52. The summed E-state index contributed by atoms with van der Waals surface area (Å²) < 4.78 is 5.39. The third kappa shape index (κ3) is 6.59. The van der Waals surface area contributed by atoms with Crippen LogP contribution < -0.4 is 10.6 Å². The average molecular weight is 498 g/mol. The minimum absolute atomic E-state index is 0.0382. The molecule has 2 aromatic rings. The topological polar surface area (TPSA) is 179 Å². The molecule has 0 heterocycles. The summed E-state index contributed by atoms with van der Waals surface area (Å²) in [7, 11) is 0. The summed E-state index contributed by atoms with van der Waals surface area (Å²) in [5.74, 6) is -5.11. The summed E-state index contributed by atoms with van der Waals surface area (Å²) in [6.07, 6.45) is -2.66. The highest BCUT2D eigenvalue weighted by atomic mass is 16.5. The van der Waals surface area contributed by atoms with E-state index in [1.807, 2.05) is 48.5 Å². The van der Waals surface area contributed by atoms with E-state index in [1.165, 1.54) is 0 Å². The molecule has 11 nitrogen and oxygen atoms in total. The van der Waals surface area contributed by atoms with E-state index in [2.05, 4.69) is 10.6 Å². The fourth-order valence-electron chi connectivity index (χ4n) is 4.12. The van der Waals surface area contributed by atoms with Crippen molar-refractivity contribution in [2.24, 2.45) is 0 Å². The second kappa shape index (κ2) is 11.8. The minimum Gasteiger partial charge on any atom is -0.481 e. The van der Waals surface area contributed by atoms with Gasteiger partial charge < -0.3 is 30.7 Å². The van der Waals surface area contributed by atoms with Crippen molar-refractivity contribution in [3.63, 3.8) is 0 Å². The largest absolute Gasteiger partial charge is 0.481 e. The van der Waals surface area contributed by atoms with Gasteiger partial charge in [0.25, 0.3) is 0 Å². The summed E-state index contributed by atoms with van der Waals surface area (Å²) in [4.78, 5) is 58.4. The smallest absolute Gasteiger partial charge is 0.407 e. The Morgan fingerprint density at radius 3 is 1.75 bits per heavy atom. The molecule has 0 spiro atoms. The third-order valence-corrected chi connectivity index (χ3v) is 5.86. The highest BCUT2D eigenvalue weighted by Gasteiger charge is 2.31. The monoisotopic (exact) mass is 498 g/mol. The van der Waals surface area contributed by atoms with E-state index in [0.717, 1.165) is 22.3 Å². The Kier molecular flexibility index (Phi) is 8.61. The number of rotatable bonds is 12. The Morgan fingerprint density at radius 1 is 0.750 bits per heavy atom. The molecule has 0 aromatic heterocycles. The molecule has 1 aliphatic rings. The van der Waals surface area contributed by atoms with E-state index >= 15 is 0 Å². The molecule has 1 aliphatic carbocycles. The number of aliphatic carboxylic acids is 3. The van der Waals surface area contributed by atoms with Gasteiger partial charge in [0.2, 0.25) is 5.91 Å². The highest BCUT2D eigenvalue weighted by molar-refractivity contribution is 5.89.